The molecule has 0 aromatic carbocycles. The standard InChI is InChI=1S/C10H15N6O.2C6H15N2.C5H4N4O.C5H12N2O.C2Cl2O2/c1-13(2)10(14(3)4)15-8-6-5-7-11-9(8)16(17)12-15;2*1-6(7(2)3)8(4)5;10-9-5-4(7-8-9)2-1-3-6-5;1-6(2)5(8)7(3)4;3-1(5)2(4)6/h5-7H,1-4H3;2*1-5H3;1-3,10H;1-4H3;/q3*+1;;;. The van der Waals surface area contributed by atoms with Crippen LogP contribution in [0.1, 0.15) is 13.8 Å². The van der Waals surface area contributed by atoms with Crippen LogP contribution in [0.4, 0.5) is 4.79 Å². The molecular weight excluding hydrogens is 783 g/mol. The summed E-state index contributed by atoms with van der Waals surface area (Å²) in [5.41, 5.74) is 1.96. The molecule has 4 rings (SSSR count). The Morgan fingerprint density at radius 2 is 1.14 bits per heavy atom. The maximum atomic E-state index is 11.6. The summed E-state index contributed by atoms with van der Waals surface area (Å²) in [6, 6.07) is 7.07. The van der Waals surface area contributed by atoms with Gasteiger partial charge in [-0.05, 0) is 52.7 Å². The van der Waals surface area contributed by atoms with Gasteiger partial charge in [-0.15, -0.1) is 14.9 Å². The van der Waals surface area contributed by atoms with Crippen molar-refractivity contribution in [1.82, 2.24) is 59.5 Å². The average molecular weight is 845 g/mol. The van der Waals surface area contributed by atoms with Gasteiger partial charge in [0, 0.05) is 53.4 Å². The fraction of sp³-hybridized carbons (Fsp3) is 0.529. The maximum absolute atomic E-state index is 11.6. The van der Waals surface area contributed by atoms with Crippen molar-refractivity contribution in [2.75, 3.05) is 113 Å². The molecule has 0 atom stereocenters. The zero-order valence-corrected chi connectivity index (χ0v) is 38.0. The molecule has 4 aromatic rings. The Morgan fingerprint density at radius 1 is 0.702 bits per heavy atom. The topological polar surface area (TPSA) is 198 Å². The van der Waals surface area contributed by atoms with E-state index in [1.54, 1.807) is 63.5 Å². The van der Waals surface area contributed by atoms with Crippen molar-refractivity contribution < 1.29 is 38.2 Å². The molecule has 57 heavy (non-hydrogen) atoms. The minimum Gasteiger partial charge on any atom is -0.721 e. The van der Waals surface area contributed by atoms with Crippen molar-refractivity contribution in [3.05, 3.63) is 41.9 Å². The van der Waals surface area contributed by atoms with E-state index in [1.165, 1.54) is 21.5 Å². The molecule has 0 bridgehead atoms. The molecule has 0 fully saturated rings. The maximum Gasteiger partial charge on any atom is 0.381 e. The number of hydrogen-bond acceptors (Lipinski definition) is 10. The van der Waals surface area contributed by atoms with Gasteiger partial charge < -0.3 is 20.2 Å². The number of pyridine rings is 2. The largest absolute Gasteiger partial charge is 0.721 e. The zero-order valence-electron chi connectivity index (χ0n) is 36.5. The Balaban J connectivity index is 0. The zero-order chi connectivity index (χ0) is 44.9. The number of rotatable bonds is 1. The number of aromatic nitrogens is 8. The number of amidine groups is 2. The van der Waals surface area contributed by atoms with E-state index in [4.69, 9.17) is 5.21 Å². The van der Waals surface area contributed by atoms with Crippen LogP contribution in [0, 0.1) is 5.21 Å². The second-order valence-corrected chi connectivity index (χ2v) is 13.9. The van der Waals surface area contributed by atoms with Crippen LogP contribution in [0.25, 0.3) is 22.3 Å². The van der Waals surface area contributed by atoms with Crippen LogP contribution in [0.15, 0.2) is 36.7 Å². The van der Waals surface area contributed by atoms with Crippen LogP contribution < -0.4 is 4.85 Å². The fourth-order valence-electron chi connectivity index (χ4n) is 3.75. The molecule has 1 N–H and O–H groups in total. The van der Waals surface area contributed by atoms with Gasteiger partial charge >= 0.3 is 28.1 Å². The third-order valence-electron chi connectivity index (χ3n) is 7.04. The van der Waals surface area contributed by atoms with Crippen molar-refractivity contribution in [3.63, 3.8) is 0 Å². The highest BCUT2D eigenvalue weighted by molar-refractivity contribution is 6.97. The summed E-state index contributed by atoms with van der Waals surface area (Å²) in [6.45, 7) is 4.17. The number of carbonyl (C=O) groups excluding carboxylic acids is 3. The lowest BCUT2D eigenvalue weighted by molar-refractivity contribution is -0.647. The smallest absolute Gasteiger partial charge is 0.381 e. The van der Waals surface area contributed by atoms with Crippen molar-refractivity contribution >= 4 is 79.7 Å². The van der Waals surface area contributed by atoms with Crippen LogP contribution >= 0.6 is 23.2 Å². The van der Waals surface area contributed by atoms with Crippen molar-refractivity contribution in [1.29, 1.82) is 0 Å². The number of amides is 2. The van der Waals surface area contributed by atoms with Gasteiger partial charge in [-0.2, -0.15) is 0 Å². The summed E-state index contributed by atoms with van der Waals surface area (Å²) in [5, 5.41) is 29.1. The Bertz CT molecular complexity index is 1920. The Morgan fingerprint density at radius 3 is 1.46 bits per heavy atom. The lowest BCUT2D eigenvalue weighted by Gasteiger charge is -2.16. The first-order valence-corrected chi connectivity index (χ1v) is 17.6. The molecule has 4 heterocycles. The van der Waals surface area contributed by atoms with E-state index in [0.717, 1.165) is 5.96 Å². The molecule has 0 aliphatic heterocycles. The third kappa shape index (κ3) is 19.6. The van der Waals surface area contributed by atoms with E-state index in [2.05, 4.69) is 81.5 Å². The van der Waals surface area contributed by atoms with Crippen molar-refractivity contribution in [2.24, 2.45) is 0 Å². The molecule has 0 saturated heterocycles. The molecule has 0 radical (unpaired) electrons. The Labute approximate surface area is 345 Å². The summed E-state index contributed by atoms with van der Waals surface area (Å²) < 4.78 is 7.63. The molecule has 0 unspecified atom stereocenters. The fourth-order valence-corrected chi connectivity index (χ4v) is 3.75. The van der Waals surface area contributed by atoms with Crippen LogP contribution in [-0.4, -0.2) is 225 Å². The van der Waals surface area contributed by atoms with E-state index >= 15 is 0 Å². The summed E-state index contributed by atoms with van der Waals surface area (Å²) in [4.78, 5) is 47.7. The SMILES string of the molecule is CC(N(C)C)=[N+](C)C.CC(N(C)C)=[N+](C)C.CN(C)C(=O)N(C)C.CN(C)C(n1n[n+]([O-])c2ncccc21)=[N+](C)C.O=C(Cl)C(=O)Cl.On1nnc2cccnc21. The number of hydrogen-bond donors (Lipinski definition) is 1. The average Bonchev–Trinajstić information content (AvgIpc) is 3.66. The molecular formula is C34H61Cl2N16O5+3. The quantitative estimate of drug-likeness (QED) is 0.0526. The molecule has 23 heteroatoms. The summed E-state index contributed by atoms with van der Waals surface area (Å²) in [5.74, 6) is 3.33. The third-order valence-corrected chi connectivity index (χ3v) is 7.48. The summed E-state index contributed by atoms with van der Waals surface area (Å²) in [6.07, 6.45) is 3.14. The van der Waals surface area contributed by atoms with Gasteiger partial charge in [-0.25, -0.2) is 9.78 Å². The second-order valence-electron chi connectivity index (χ2n) is 13.2. The van der Waals surface area contributed by atoms with Crippen LogP contribution in [0.2, 0.25) is 0 Å². The number of fused-ring (bicyclic) bond motifs is 2. The van der Waals surface area contributed by atoms with Gasteiger partial charge in [0.2, 0.25) is 22.8 Å². The number of halogens is 2. The van der Waals surface area contributed by atoms with Gasteiger partial charge in [0.1, 0.15) is 11.7 Å². The van der Waals surface area contributed by atoms with E-state index in [-0.39, 0.29) is 6.03 Å². The first-order chi connectivity index (χ1) is 26.2. The van der Waals surface area contributed by atoms with Gasteiger partial charge in [0.05, 0.1) is 84.6 Å². The van der Waals surface area contributed by atoms with E-state index in [0.29, 0.717) is 32.0 Å². The lowest BCUT2D eigenvalue weighted by atomic mass is 10.4. The molecule has 0 saturated carbocycles. The van der Waals surface area contributed by atoms with E-state index in [9.17, 15) is 19.6 Å². The normalized spacial score (nSPS) is 9.40. The molecule has 21 nitrogen and oxygen atoms in total. The molecule has 4 aromatic heterocycles. The van der Waals surface area contributed by atoms with Crippen molar-refractivity contribution in [2.45, 2.75) is 13.8 Å². The van der Waals surface area contributed by atoms with Gasteiger partial charge in [0.15, 0.2) is 0 Å². The van der Waals surface area contributed by atoms with E-state index in [1.807, 2.05) is 100 Å². The highest BCUT2D eigenvalue weighted by atomic mass is 35.5. The lowest BCUT2D eigenvalue weighted by Crippen LogP contribution is -2.39. The summed E-state index contributed by atoms with van der Waals surface area (Å²) >= 11 is 8.98. The number of urea groups is 1. The minimum atomic E-state index is -1.14. The van der Waals surface area contributed by atoms with Gasteiger partial charge in [0.25, 0.3) is 0 Å². The van der Waals surface area contributed by atoms with Crippen LogP contribution in [-0.2, 0) is 9.59 Å². The molecule has 0 aliphatic carbocycles. The first kappa shape index (κ1) is 53.4. The van der Waals surface area contributed by atoms with Crippen LogP contribution in [0.5, 0.6) is 0 Å². The molecule has 0 spiro atoms. The monoisotopic (exact) mass is 843 g/mol. The molecule has 0 aliphatic rings. The highest BCUT2D eigenvalue weighted by Gasteiger charge is 2.24. The van der Waals surface area contributed by atoms with E-state index < -0.39 is 10.5 Å². The second kappa shape index (κ2) is 26.2. The highest BCUT2D eigenvalue weighted by Crippen LogP contribution is 2.06. The van der Waals surface area contributed by atoms with Gasteiger partial charge in [-0.1, -0.05) is 9.53 Å². The number of nitrogens with zero attached hydrogens (tertiary/aromatic N) is 16. The predicted molar refractivity (Wildman–Crippen MR) is 223 cm³/mol. The van der Waals surface area contributed by atoms with Crippen LogP contribution in [0.3, 0.4) is 0 Å². The molecule has 2 amide bonds. The minimum absolute atomic E-state index is 0.0185. The Kier molecular flexibility index (Phi) is 24.6. The number of carbonyl (C=O) groups is 3. The molecule has 318 valence electrons. The summed E-state index contributed by atoms with van der Waals surface area (Å²) in [7, 11) is 30.8. The van der Waals surface area contributed by atoms with Gasteiger partial charge in [-0.3, -0.25) is 38.0 Å². The van der Waals surface area contributed by atoms with Crippen molar-refractivity contribution in [3.8, 4) is 0 Å². The Hall–Kier alpha value is -5.70. The first-order valence-electron chi connectivity index (χ1n) is 16.9. The predicted octanol–water partition coefficient (Wildman–Crippen LogP) is 0.390.